The molecular formula is C25H33NO4. The van der Waals surface area contributed by atoms with Crippen LogP contribution in [0.15, 0.2) is 36.4 Å². The molecule has 0 spiro atoms. The Morgan fingerprint density at radius 2 is 1.80 bits per heavy atom. The summed E-state index contributed by atoms with van der Waals surface area (Å²) in [4.78, 5) is 12.5. The Kier molecular flexibility index (Phi) is 7.61. The molecule has 2 aromatic carbocycles. The van der Waals surface area contributed by atoms with Crippen LogP contribution in [0.1, 0.15) is 48.8 Å². The van der Waals surface area contributed by atoms with E-state index in [1.165, 1.54) is 5.56 Å². The first-order valence-electron chi connectivity index (χ1n) is 10.8. The number of ether oxygens (including phenoxy) is 3. The second-order valence-electron chi connectivity index (χ2n) is 8.00. The van der Waals surface area contributed by atoms with Crippen LogP contribution in [0, 0.1) is 12.8 Å². The third-order valence-corrected chi connectivity index (χ3v) is 5.82. The van der Waals surface area contributed by atoms with E-state index in [0.29, 0.717) is 6.54 Å². The molecule has 0 aliphatic carbocycles. The molecule has 3 rings (SSSR count). The minimum absolute atomic E-state index is 0.0527. The minimum atomic E-state index is -0.0527. The number of carbonyl (C=O) groups is 1. The summed E-state index contributed by atoms with van der Waals surface area (Å²) in [6.45, 7) is 5.62. The Hall–Kier alpha value is -2.69. The van der Waals surface area contributed by atoms with Gasteiger partial charge in [0.1, 0.15) is 5.75 Å². The highest BCUT2D eigenvalue weighted by atomic mass is 16.5. The second kappa shape index (κ2) is 10.4. The number of amides is 1. The number of piperidine rings is 1. The van der Waals surface area contributed by atoms with Crippen molar-refractivity contribution in [3.05, 3.63) is 53.1 Å². The topological polar surface area (TPSA) is 56.8 Å². The lowest BCUT2D eigenvalue weighted by atomic mass is 9.82. The van der Waals surface area contributed by atoms with Crippen LogP contribution in [0.25, 0.3) is 0 Å². The summed E-state index contributed by atoms with van der Waals surface area (Å²) in [6, 6.07) is 12.3. The van der Waals surface area contributed by atoms with Gasteiger partial charge in [-0.1, -0.05) is 31.5 Å². The van der Waals surface area contributed by atoms with Crippen molar-refractivity contribution >= 4 is 5.91 Å². The summed E-state index contributed by atoms with van der Waals surface area (Å²) in [7, 11) is 3.28. The smallest absolute Gasteiger partial charge is 0.223 e. The van der Waals surface area contributed by atoms with Crippen molar-refractivity contribution in [1.82, 2.24) is 5.32 Å². The minimum Gasteiger partial charge on any atom is -0.493 e. The van der Waals surface area contributed by atoms with Crippen LogP contribution in [0.3, 0.4) is 0 Å². The van der Waals surface area contributed by atoms with E-state index in [1.807, 2.05) is 18.2 Å². The van der Waals surface area contributed by atoms with Crippen molar-refractivity contribution in [2.24, 2.45) is 5.92 Å². The zero-order chi connectivity index (χ0) is 21.5. The summed E-state index contributed by atoms with van der Waals surface area (Å²) in [5, 5.41) is 3.09. The molecule has 162 valence electrons. The SMILES string of the molecule is CCCCOc1ccc(CC2C[C@@H](c3ccc(OC)c(OC)c3)CNC2=O)cc1C. The van der Waals surface area contributed by atoms with Gasteiger partial charge < -0.3 is 19.5 Å². The third kappa shape index (κ3) is 5.26. The van der Waals surface area contributed by atoms with Gasteiger partial charge in [0.05, 0.1) is 20.8 Å². The van der Waals surface area contributed by atoms with Crippen molar-refractivity contribution in [2.75, 3.05) is 27.4 Å². The van der Waals surface area contributed by atoms with Crippen LogP contribution >= 0.6 is 0 Å². The zero-order valence-corrected chi connectivity index (χ0v) is 18.5. The van der Waals surface area contributed by atoms with E-state index >= 15 is 0 Å². The number of unbranched alkanes of at least 4 members (excludes halogenated alkanes) is 1. The van der Waals surface area contributed by atoms with Crippen LogP contribution in [0.4, 0.5) is 0 Å². The van der Waals surface area contributed by atoms with Crippen LogP contribution in [-0.2, 0) is 11.2 Å². The van der Waals surface area contributed by atoms with Gasteiger partial charge in [-0.25, -0.2) is 0 Å². The first kappa shape index (κ1) is 22.0. The molecule has 0 bridgehead atoms. The summed E-state index contributed by atoms with van der Waals surface area (Å²) in [6.07, 6.45) is 3.72. The zero-order valence-electron chi connectivity index (χ0n) is 18.5. The molecule has 0 aromatic heterocycles. The molecule has 2 atom stereocenters. The van der Waals surface area contributed by atoms with Crippen molar-refractivity contribution in [3.8, 4) is 17.2 Å². The fourth-order valence-corrected chi connectivity index (χ4v) is 4.05. The highest BCUT2D eigenvalue weighted by Gasteiger charge is 2.30. The maximum Gasteiger partial charge on any atom is 0.223 e. The molecule has 1 saturated heterocycles. The molecule has 1 fully saturated rings. The number of methoxy groups -OCH3 is 2. The highest BCUT2D eigenvalue weighted by Crippen LogP contribution is 2.35. The van der Waals surface area contributed by atoms with E-state index in [0.717, 1.165) is 60.7 Å². The van der Waals surface area contributed by atoms with Crippen molar-refractivity contribution < 1.29 is 19.0 Å². The van der Waals surface area contributed by atoms with E-state index in [1.54, 1.807) is 14.2 Å². The molecule has 5 nitrogen and oxygen atoms in total. The van der Waals surface area contributed by atoms with Crippen LogP contribution in [0.2, 0.25) is 0 Å². The average Bonchev–Trinajstić information content (AvgIpc) is 2.76. The average molecular weight is 412 g/mol. The predicted molar refractivity (Wildman–Crippen MR) is 119 cm³/mol. The van der Waals surface area contributed by atoms with Crippen LogP contribution < -0.4 is 19.5 Å². The number of hydrogen-bond donors (Lipinski definition) is 1. The molecule has 1 N–H and O–H groups in total. The number of rotatable bonds is 9. The van der Waals surface area contributed by atoms with Crippen molar-refractivity contribution in [3.63, 3.8) is 0 Å². The number of carbonyl (C=O) groups excluding carboxylic acids is 1. The Bertz CT molecular complexity index is 864. The molecule has 1 heterocycles. The number of aryl methyl sites for hydroxylation is 1. The summed E-state index contributed by atoms with van der Waals surface area (Å²) in [5.74, 6) is 2.71. The van der Waals surface area contributed by atoms with Crippen LogP contribution in [-0.4, -0.2) is 33.3 Å². The van der Waals surface area contributed by atoms with E-state index in [9.17, 15) is 4.79 Å². The molecular weight excluding hydrogens is 378 g/mol. The van der Waals surface area contributed by atoms with Gasteiger partial charge in [-0.15, -0.1) is 0 Å². The van der Waals surface area contributed by atoms with Gasteiger partial charge in [-0.05, 0) is 61.1 Å². The van der Waals surface area contributed by atoms with Gasteiger partial charge in [-0.3, -0.25) is 4.79 Å². The monoisotopic (exact) mass is 411 g/mol. The molecule has 0 radical (unpaired) electrons. The number of hydrogen-bond acceptors (Lipinski definition) is 4. The lowest BCUT2D eigenvalue weighted by molar-refractivity contribution is -0.126. The highest BCUT2D eigenvalue weighted by molar-refractivity contribution is 5.80. The fourth-order valence-electron chi connectivity index (χ4n) is 4.05. The molecule has 5 heteroatoms. The molecule has 1 aliphatic rings. The van der Waals surface area contributed by atoms with E-state index in [-0.39, 0.29) is 17.7 Å². The first-order valence-corrected chi connectivity index (χ1v) is 10.8. The molecule has 0 saturated carbocycles. The summed E-state index contributed by atoms with van der Waals surface area (Å²) >= 11 is 0. The lowest BCUT2D eigenvalue weighted by Crippen LogP contribution is -2.41. The molecule has 1 amide bonds. The Balaban J connectivity index is 1.69. The quantitative estimate of drug-likeness (QED) is 0.610. The maximum atomic E-state index is 12.5. The van der Waals surface area contributed by atoms with Gasteiger partial charge >= 0.3 is 0 Å². The fraction of sp³-hybridized carbons (Fsp3) is 0.480. The predicted octanol–water partition coefficient (Wildman–Crippen LogP) is 4.65. The van der Waals surface area contributed by atoms with Gasteiger partial charge in [0.25, 0.3) is 0 Å². The van der Waals surface area contributed by atoms with E-state index < -0.39 is 0 Å². The first-order chi connectivity index (χ1) is 14.5. The van der Waals surface area contributed by atoms with Gasteiger partial charge in [-0.2, -0.15) is 0 Å². The Morgan fingerprint density at radius 3 is 2.50 bits per heavy atom. The number of nitrogens with one attached hydrogen (secondary N) is 1. The van der Waals surface area contributed by atoms with E-state index in [4.69, 9.17) is 14.2 Å². The number of benzene rings is 2. The van der Waals surface area contributed by atoms with E-state index in [2.05, 4.69) is 37.4 Å². The summed E-state index contributed by atoms with van der Waals surface area (Å²) < 4.78 is 16.6. The molecule has 1 unspecified atom stereocenters. The lowest BCUT2D eigenvalue weighted by Gasteiger charge is -2.30. The summed E-state index contributed by atoms with van der Waals surface area (Å²) in [5.41, 5.74) is 3.45. The van der Waals surface area contributed by atoms with Crippen molar-refractivity contribution in [1.29, 1.82) is 0 Å². The normalized spacial score (nSPS) is 18.6. The van der Waals surface area contributed by atoms with Gasteiger partial charge in [0, 0.05) is 18.4 Å². The van der Waals surface area contributed by atoms with Crippen LogP contribution in [0.5, 0.6) is 17.2 Å². The standard InChI is InChI=1S/C25H33NO4/c1-5-6-11-30-22-9-7-18(12-17(22)2)13-20-14-21(16-26-25(20)27)19-8-10-23(28-3)24(15-19)29-4/h7-10,12,15,20-21H,5-6,11,13-14,16H2,1-4H3,(H,26,27)/t20?,21-/m1/s1. The molecule has 30 heavy (non-hydrogen) atoms. The second-order valence-corrected chi connectivity index (χ2v) is 8.00. The maximum absolute atomic E-state index is 12.5. The third-order valence-electron chi connectivity index (χ3n) is 5.82. The van der Waals surface area contributed by atoms with Gasteiger partial charge in [0.15, 0.2) is 11.5 Å². The molecule has 2 aromatic rings. The van der Waals surface area contributed by atoms with Crippen molar-refractivity contribution in [2.45, 2.75) is 45.4 Å². The Morgan fingerprint density at radius 1 is 1.03 bits per heavy atom. The Labute approximate surface area is 179 Å². The largest absolute Gasteiger partial charge is 0.493 e. The van der Waals surface area contributed by atoms with Gasteiger partial charge in [0.2, 0.25) is 5.91 Å². The molecule has 1 aliphatic heterocycles.